The van der Waals surface area contributed by atoms with E-state index in [4.69, 9.17) is 9.47 Å². The number of anilines is 1. The molecule has 1 unspecified atom stereocenters. The van der Waals surface area contributed by atoms with E-state index in [1.165, 1.54) is 11.8 Å². The van der Waals surface area contributed by atoms with Crippen LogP contribution >= 0.6 is 0 Å². The Kier molecular flexibility index (Phi) is 4.51. The van der Waals surface area contributed by atoms with Crippen molar-refractivity contribution in [1.29, 1.82) is 0 Å². The molecule has 1 aliphatic rings. The SMILES string of the molecule is CCOc1cc(CO)cc2c1OC(C)(C)C(=O)N2C(C)C(=O)O. The Hall–Kier alpha value is -2.28. The van der Waals surface area contributed by atoms with Crippen LogP contribution in [0.5, 0.6) is 11.5 Å². The first-order chi connectivity index (χ1) is 10.7. The molecular weight excluding hydrogens is 302 g/mol. The highest BCUT2D eigenvalue weighted by Gasteiger charge is 2.45. The number of aliphatic hydroxyl groups excluding tert-OH is 1. The maximum absolute atomic E-state index is 12.7. The lowest BCUT2D eigenvalue weighted by atomic mass is 10.0. The predicted octanol–water partition coefficient (Wildman–Crippen LogP) is 1.55. The minimum atomic E-state index is -1.22. The Morgan fingerprint density at radius 2 is 2.09 bits per heavy atom. The Morgan fingerprint density at radius 1 is 1.43 bits per heavy atom. The third-order valence-electron chi connectivity index (χ3n) is 3.67. The summed E-state index contributed by atoms with van der Waals surface area (Å²) in [6.45, 7) is 6.49. The topological polar surface area (TPSA) is 96.3 Å². The number of fused-ring (bicyclic) bond motifs is 1. The van der Waals surface area contributed by atoms with Gasteiger partial charge in [-0.1, -0.05) is 0 Å². The molecule has 7 nitrogen and oxygen atoms in total. The molecule has 1 aromatic rings. The Morgan fingerprint density at radius 3 is 2.61 bits per heavy atom. The van der Waals surface area contributed by atoms with Crippen LogP contribution in [-0.2, 0) is 16.2 Å². The third-order valence-corrected chi connectivity index (χ3v) is 3.67. The molecule has 1 amide bonds. The molecule has 7 heteroatoms. The zero-order valence-corrected chi connectivity index (χ0v) is 13.6. The van der Waals surface area contributed by atoms with E-state index < -0.39 is 23.5 Å². The number of carboxylic acids is 1. The van der Waals surface area contributed by atoms with E-state index in [0.717, 1.165) is 0 Å². The van der Waals surface area contributed by atoms with Crippen LogP contribution in [0.2, 0.25) is 0 Å². The largest absolute Gasteiger partial charge is 0.490 e. The van der Waals surface area contributed by atoms with Crippen molar-refractivity contribution in [1.82, 2.24) is 0 Å². The summed E-state index contributed by atoms with van der Waals surface area (Å²) in [5, 5.41) is 18.7. The van der Waals surface area contributed by atoms with Crippen LogP contribution in [-0.4, -0.2) is 40.3 Å². The molecule has 1 heterocycles. The fraction of sp³-hybridized carbons (Fsp3) is 0.500. The smallest absolute Gasteiger partial charge is 0.326 e. The fourth-order valence-corrected chi connectivity index (χ4v) is 2.47. The Balaban J connectivity index is 2.69. The number of benzene rings is 1. The summed E-state index contributed by atoms with van der Waals surface area (Å²) < 4.78 is 11.3. The first-order valence-corrected chi connectivity index (χ1v) is 7.39. The van der Waals surface area contributed by atoms with Crippen LogP contribution in [0.25, 0.3) is 0 Å². The second-order valence-corrected chi connectivity index (χ2v) is 5.84. The van der Waals surface area contributed by atoms with Crippen molar-refractivity contribution >= 4 is 17.6 Å². The molecule has 0 aliphatic carbocycles. The first-order valence-electron chi connectivity index (χ1n) is 7.39. The van der Waals surface area contributed by atoms with Gasteiger partial charge in [-0.25, -0.2) is 4.79 Å². The quantitative estimate of drug-likeness (QED) is 0.853. The van der Waals surface area contributed by atoms with E-state index in [2.05, 4.69) is 0 Å². The maximum atomic E-state index is 12.7. The van der Waals surface area contributed by atoms with Crippen LogP contribution in [0.4, 0.5) is 5.69 Å². The van der Waals surface area contributed by atoms with Gasteiger partial charge < -0.3 is 19.7 Å². The van der Waals surface area contributed by atoms with Gasteiger partial charge in [0.1, 0.15) is 6.04 Å². The van der Waals surface area contributed by atoms with Gasteiger partial charge in [-0.2, -0.15) is 0 Å². The van der Waals surface area contributed by atoms with Crippen LogP contribution in [0.1, 0.15) is 33.3 Å². The highest BCUT2D eigenvalue weighted by molar-refractivity contribution is 6.06. The molecule has 0 spiro atoms. The average Bonchev–Trinajstić information content (AvgIpc) is 2.48. The number of ether oxygens (including phenoxy) is 2. The van der Waals surface area contributed by atoms with Gasteiger partial charge in [-0.3, -0.25) is 9.69 Å². The molecule has 1 aliphatic heterocycles. The highest BCUT2D eigenvalue weighted by atomic mass is 16.5. The van der Waals surface area contributed by atoms with Gasteiger partial charge in [0.05, 0.1) is 18.9 Å². The van der Waals surface area contributed by atoms with Crippen molar-refractivity contribution in [3.8, 4) is 11.5 Å². The summed E-state index contributed by atoms with van der Waals surface area (Å²) in [5.41, 5.74) is -0.423. The number of carbonyl (C=O) groups excluding carboxylic acids is 1. The number of carboxylic acid groups (broad SMARTS) is 1. The highest BCUT2D eigenvalue weighted by Crippen LogP contribution is 2.46. The number of aliphatic hydroxyl groups is 1. The predicted molar refractivity (Wildman–Crippen MR) is 82.8 cm³/mol. The molecule has 1 atom stereocenters. The van der Waals surface area contributed by atoms with Gasteiger partial charge in [0.25, 0.3) is 5.91 Å². The monoisotopic (exact) mass is 323 g/mol. The molecule has 0 fully saturated rings. The van der Waals surface area contributed by atoms with Crippen molar-refractivity contribution in [2.24, 2.45) is 0 Å². The summed E-state index contributed by atoms with van der Waals surface area (Å²) in [5.74, 6) is -0.911. The lowest BCUT2D eigenvalue weighted by Crippen LogP contribution is -2.57. The summed E-state index contributed by atoms with van der Waals surface area (Å²) in [7, 11) is 0. The molecule has 1 aromatic carbocycles. The Labute approximate surface area is 134 Å². The van der Waals surface area contributed by atoms with Crippen LogP contribution in [0.15, 0.2) is 12.1 Å². The second-order valence-electron chi connectivity index (χ2n) is 5.84. The average molecular weight is 323 g/mol. The second kappa shape index (κ2) is 6.08. The summed E-state index contributed by atoms with van der Waals surface area (Å²) in [6, 6.07) is 2.09. The van der Waals surface area contributed by atoms with Crippen LogP contribution in [0.3, 0.4) is 0 Å². The number of carbonyl (C=O) groups is 2. The number of amides is 1. The van der Waals surface area contributed by atoms with Crippen LogP contribution < -0.4 is 14.4 Å². The van der Waals surface area contributed by atoms with E-state index in [9.17, 15) is 19.8 Å². The van der Waals surface area contributed by atoms with Crippen LogP contribution in [0, 0.1) is 0 Å². The maximum Gasteiger partial charge on any atom is 0.326 e. The summed E-state index contributed by atoms with van der Waals surface area (Å²) >= 11 is 0. The van der Waals surface area contributed by atoms with Gasteiger partial charge >= 0.3 is 5.97 Å². The van der Waals surface area contributed by atoms with Crippen molar-refractivity contribution in [2.45, 2.75) is 45.9 Å². The molecule has 23 heavy (non-hydrogen) atoms. The molecule has 0 bridgehead atoms. The van der Waals surface area contributed by atoms with Crippen molar-refractivity contribution in [3.05, 3.63) is 17.7 Å². The zero-order chi connectivity index (χ0) is 17.4. The first kappa shape index (κ1) is 17.1. The molecule has 0 saturated heterocycles. The van der Waals surface area contributed by atoms with Crippen molar-refractivity contribution in [3.63, 3.8) is 0 Å². The minimum absolute atomic E-state index is 0.264. The van der Waals surface area contributed by atoms with E-state index >= 15 is 0 Å². The van der Waals surface area contributed by atoms with Gasteiger partial charge in [-0.05, 0) is 45.4 Å². The number of hydrogen-bond donors (Lipinski definition) is 2. The normalized spacial score (nSPS) is 17.3. The number of hydrogen-bond acceptors (Lipinski definition) is 5. The zero-order valence-electron chi connectivity index (χ0n) is 13.6. The van der Waals surface area contributed by atoms with Crippen molar-refractivity contribution < 1.29 is 29.3 Å². The summed E-state index contributed by atoms with van der Waals surface area (Å²) in [6.07, 6.45) is 0. The molecule has 2 rings (SSSR count). The molecular formula is C16H21NO6. The molecule has 2 N–H and O–H groups in total. The number of aliphatic carboxylic acids is 1. The molecule has 0 saturated carbocycles. The van der Waals surface area contributed by atoms with E-state index in [1.807, 2.05) is 0 Å². The lowest BCUT2D eigenvalue weighted by Gasteiger charge is -2.41. The molecule has 0 radical (unpaired) electrons. The molecule has 126 valence electrons. The number of rotatable bonds is 5. The van der Waals surface area contributed by atoms with Gasteiger partial charge in [0, 0.05) is 0 Å². The minimum Gasteiger partial charge on any atom is -0.490 e. The Bertz CT molecular complexity index is 640. The lowest BCUT2D eigenvalue weighted by molar-refractivity contribution is -0.142. The van der Waals surface area contributed by atoms with Crippen molar-refractivity contribution in [2.75, 3.05) is 11.5 Å². The van der Waals surface area contributed by atoms with E-state index in [1.54, 1.807) is 32.9 Å². The van der Waals surface area contributed by atoms with E-state index in [-0.39, 0.29) is 6.61 Å². The summed E-state index contributed by atoms with van der Waals surface area (Å²) in [4.78, 5) is 25.3. The van der Waals surface area contributed by atoms with Gasteiger partial charge in [0.15, 0.2) is 17.1 Å². The molecule has 0 aromatic heterocycles. The van der Waals surface area contributed by atoms with Gasteiger partial charge in [0.2, 0.25) is 0 Å². The van der Waals surface area contributed by atoms with Gasteiger partial charge in [-0.15, -0.1) is 0 Å². The van der Waals surface area contributed by atoms with E-state index in [0.29, 0.717) is 29.4 Å². The third kappa shape index (κ3) is 2.96. The standard InChI is InChI=1S/C16H21NO6/c1-5-22-12-7-10(8-18)6-11-13(12)23-16(3,4)15(21)17(11)9(2)14(19)20/h6-7,9,18H,5,8H2,1-4H3,(H,19,20). The fourth-order valence-electron chi connectivity index (χ4n) is 2.47. The number of nitrogens with zero attached hydrogens (tertiary/aromatic N) is 1.